The van der Waals surface area contributed by atoms with Gasteiger partial charge in [0.05, 0.1) is 24.5 Å². The van der Waals surface area contributed by atoms with E-state index in [1.807, 2.05) is 29.8 Å². The lowest BCUT2D eigenvalue weighted by molar-refractivity contribution is 0.0950. The molecule has 0 saturated heterocycles. The maximum absolute atomic E-state index is 12.6. The molecule has 0 aliphatic rings. The van der Waals surface area contributed by atoms with Crippen molar-refractivity contribution in [1.29, 1.82) is 0 Å². The summed E-state index contributed by atoms with van der Waals surface area (Å²) in [5, 5.41) is 2.95. The van der Waals surface area contributed by atoms with Crippen molar-refractivity contribution in [3.05, 3.63) is 76.3 Å². The molecule has 2 aromatic carbocycles. The zero-order chi connectivity index (χ0) is 20.6. The predicted octanol–water partition coefficient (Wildman–Crippen LogP) is 4.42. The van der Waals surface area contributed by atoms with E-state index in [0.29, 0.717) is 34.7 Å². The number of amides is 1. The minimum Gasteiger partial charge on any atom is -0.493 e. The number of methoxy groups -OCH3 is 1. The summed E-state index contributed by atoms with van der Waals surface area (Å²) in [6, 6.07) is 11.6. The second-order valence-corrected chi connectivity index (χ2v) is 7.43. The van der Waals surface area contributed by atoms with Gasteiger partial charge in [0.2, 0.25) is 0 Å². The maximum atomic E-state index is 12.6. The SMILES string of the molecule is CCCOc1c(Br)cc(C(=O)NCc2ccc(Cn3ccnc3)cc2)cc1OC. The van der Waals surface area contributed by atoms with E-state index >= 15 is 0 Å². The third kappa shape index (κ3) is 5.60. The molecule has 0 bridgehead atoms. The number of benzene rings is 2. The Morgan fingerprint density at radius 3 is 2.62 bits per heavy atom. The Bertz CT molecular complexity index is 941. The minimum atomic E-state index is -0.173. The van der Waals surface area contributed by atoms with E-state index < -0.39 is 0 Å². The molecule has 152 valence electrons. The summed E-state index contributed by atoms with van der Waals surface area (Å²) >= 11 is 3.47. The van der Waals surface area contributed by atoms with Crippen LogP contribution >= 0.6 is 15.9 Å². The summed E-state index contributed by atoms with van der Waals surface area (Å²) in [5.41, 5.74) is 2.71. The number of hydrogen-bond acceptors (Lipinski definition) is 4. The lowest BCUT2D eigenvalue weighted by Crippen LogP contribution is -2.23. The Hall–Kier alpha value is -2.80. The molecule has 29 heavy (non-hydrogen) atoms. The molecule has 0 spiro atoms. The molecule has 0 unspecified atom stereocenters. The molecule has 1 aromatic heterocycles. The molecule has 7 heteroatoms. The van der Waals surface area contributed by atoms with Gasteiger partial charge in [0.1, 0.15) is 0 Å². The van der Waals surface area contributed by atoms with Crippen LogP contribution in [0, 0.1) is 0 Å². The first-order chi connectivity index (χ1) is 14.1. The van der Waals surface area contributed by atoms with Crippen molar-refractivity contribution in [3.8, 4) is 11.5 Å². The van der Waals surface area contributed by atoms with Gasteiger partial charge in [-0.25, -0.2) is 4.98 Å². The highest BCUT2D eigenvalue weighted by Crippen LogP contribution is 2.36. The van der Waals surface area contributed by atoms with Crippen LogP contribution in [0.2, 0.25) is 0 Å². The number of aromatic nitrogens is 2. The number of nitrogens with one attached hydrogen (secondary N) is 1. The smallest absolute Gasteiger partial charge is 0.251 e. The van der Waals surface area contributed by atoms with Gasteiger partial charge in [-0.1, -0.05) is 31.2 Å². The van der Waals surface area contributed by atoms with Gasteiger partial charge in [0.25, 0.3) is 5.91 Å². The molecular formula is C22H24BrN3O3. The molecule has 6 nitrogen and oxygen atoms in total. The number of carbonyl (C=O) groups excluding carboxylic acids is 1. The van der Waals surface area contributed by atoms with Gasteiger partial charge in [0.15, 0.2) is 11.5 Å². The predicted molar refractivity (Wildman–Crippen MR) is 115 cm³/mol. The second kappa shape index (κ2) is 10.1. The van der Waals surface area contributed by atoms with Crippen molar-refractivity contribution in [3.63, 3.8) is 0 Å². The van der Waals surface area contributed by atoms with E-state index in [9.17, 15) is 4.79 Å². The van der Waals surface area contributed by atoms with E-state index in [1.54, 1.807) is 31.8 Å². The fourth-order valence-electron chi connectivity index (χ4n) is 2.83. The Balaban J connectivity index is 1.62. The highest BCUT2D eigenvalue weighted by Gasteiger charge is 2.15. The van der Waals surface area contributed by atoms with Gasteiger partial charge in [-0.05, 0) is 45.6 Å². The van der Waals surface area contributed by atoms with Crippen molar-refractivity contribution in [2.75, 3.05) is 13.7 Å². The fourth-order valence-corrected chi connectivity index (χ4v) is 3.39. The van der Waals surface area contributed by atoms with Gasteiger partial charge in [-0.2, -0.15) is 0 Å². The van der Waals surface area contributed by atoms with Gasteiger partial charge >= 0.3 is 0 Å². The molecule has 0 saturated carbocycles. The first-order valence-corrected chi connectivity index (χ1v) is 10.2. The monoisotopic (exact) mass is 457 g/mol. The van der Waals surface area contributed by atoms with Crippen LogP contribution in [-0.4, -0.2) is 29.2 Å². The normalized spacial score (nSPS) is 10.6. The van der Waals surface area contributed by atoms with E-state index in [-0.39, 0.29) is 5.91 Å². The summed E-state index contributed by atoms with van der Waals surface area (Å²) in [7, 11) is 1.56. The van der Waals surface area contributed by atoms with Crippen LogP contribution in [0.25, 0.3) is 0 Å². The Labute approximate surface area is 179 Å². The van der Waals surface area contributed by atoms with E-state index in [0.717, 1.165) is 18.5 Å². The number of nitrogens with zero attached hydrogens (tertiary/aromatic N) is 2. The number of rotatable bonds is 9. The van der Waals surface area contributed by atoms with E-state index in [1.165, 1.54) is 5.56 Å². The number of ether oxygens (including phenoxy) is 2. The molecule has 3 rings (SSSR count). The molecular weight excluding hydrogens is 434 g/mol. The third-order valence-corrected chi connectivity index (χ3v) is 4.93. The Kier molecular flexibility index (Phi) is 7.30. The molecule has 1 heterocycles. The zero-order valence-electron chi connectivity index (χ0n) is 16.5. The third-order valence-electron chi connectivity index (χ3n) is 4.34. The molecule has 0 atom stereocenters. The van der Waals surface area contributed by atoms with Crippen LogP contribution in [-0.2, 0) is 13.1 Å². The van der Waals surface area contributed by atoms with E-state index in [2.05, 4.69) is 38.4 Å². The van der Waals surface area contributed by atoms with E-state index in [4.69, 9.17) is 9.47 Å². The average Bonchev–Trinajstić information content (AvgIpc) is 3.24. The summed E-state index contributed by atoms with van der Waals surface area (Å²) in [4.78, 5) is 16.7. The number of halogens is 1. The molecule has 0 aliphatic heterocycles. The number of imidazole rings is 1. The largest absolute Gasteiger partial charge is 0.493 e. The first-order valence-electron chi connectivity index (χ1n) is 9.42. The van der Waals surface area contributed by atoms with Crippen LogP contribution in [0.4, 0.5) is 0 Å². The van der Waals surface area contributed by atoms with Gasteiger partial charge in [-0.3, -0.25) is 4.79 Å². The van der Waals surface area contributed by atoms with Gasteiger partial charge < -0.3 is 19.4 Å². The average molecular weight is 458 g/mol. The van der Waals surface area contributed by atoms with Crippen LogP contribution in [0.15, 0.2) is 59.6 Å². The minimum absolute atomic E-state index is 0.173. The molecule has 0 radical (unpaired) electrons. The second-order valence-electron chi connectivity index (χ2n) is 6.57. The van der Waals surface area contributed by atoms with Crippen molar-refractivity contribution in [2.45, 2.75) is 26.4 Å². The summed E-state index contributed by atoms with van der Waals surface area (Å²) in [5.74, 6) is 0.967. The highest BCUT2D eigenvalue weighted by molar-refractivity contribution is 9.10. The van der Waals surface area contributed by atoms with Gasteiger partial charge in [-0.15, -0.1) is 0 Å². The van der Waals surface area contributed by atoms with Gasteiger partial charge in [0, 0.05) is 31.0 Å². The topological polar surface area (TPSA) is 65.4 Å². The van der Waals surface area contributed by atoms with Crippen molar-refractivity contribution >= 4 is 21.8 Å². The van der Waals surface area contributed by atoms with Crippen molar-refractivity contribution in [1.82, 2.24) is 14.9 Å². The van der Waals surface area contributed by atoms with Crippen LogP contribution in [0.5, 0.6) is 11.5 Å². The molecule has 0 aliphatic carbocycles. The summed E-state index contributed by atoms with van der Waals surface area (Å²) < 4.78 is 13.8. The zero-order valence-corrected chi connectivity index (χ0v) is 18.1. The van der Waals surface area contributed by atoms with Crippen LogP contribution in [0.3, 0.4) is 0 Å². The Morgan fingerprint density at radius 1 is 1.21 bits per heavy atom. The molecule has 1 N–H and O–H groups in total. The summed E-state index contributed by atoms with van der Waals surface area (Å²) in [6.07, 6.45) is 6.37. The molecule has 1 amide bonds. The first kappa shape index (κ1) is 20.9. The number of carbonyl (C=O) groups is 1. The molecule has 3 aromatic rings. The quantitative estimate of drug-likeness (QED) is 0.516. The van der Waals surface area contributed by atoms with Crippen LogP contribution in [0.1, 0.15) is 34.8 Å². The summed E-state index contributed by atoms with van der Waals surface area (Å²) in [6.45, 7) is 3.83. The number of hydrogen-bond donors (Lipinski definition) is 1. The van der Waals surface area contributed by atoms with Crippen molar-refractivity contribution < 1.29 is 14.3 Å². The molecule has 0 fully saturated rings. The van der Waals surface area contributed by atoms with Crippen molar-refractivity contribution in [2.24, 2.45) is 0 Å². The maximum Gasteiger partial charge on any atom is 0.251 e. The lowest BCUT2D eigenvalue weighted by atomic mass is 10.1. The highest BCUT2D eigenvalue weighted by atomic mass is 79.9. The Morgan fingerprint density at radius 2 is 1.97 bits per heavy atom. The lowest BCUT2D eigenvalue weighted by Gasteiger charge is -2.14. The van der Waals surface area contributed by atoms with Crippen LogP contribution < -0.4 is 14.8 Å². The fraction of sp³-hybridized carbons (Fsp3) is 0.273. The standard InChI is InChI=1S/C22H24BrN3O3/c1-3-10-29-21-19(23)11-18(12-20(21)28-2)22(27)25-13-16-4-6-17(7-5-16)14-26-9-8-24-15-26/h4-9,11-12,15H,3,10,13-14H2,1-2H3,(H,25,27).